The van der Waals surface area contributed by atoms with Crippen LogP contribution in [0, 0.1) is 13.8 Å². The lowest BCUT2D eigenvalue weighted by molar-refractivity contribution is 0.0983. The van der Waals surface area contributed by atoms with Crippen LogP contribution in [-0.4, -0.2) is 10.9 Å². The monoisotopic (exact) mass is 396 g/mol. The number of carbonyl (C=O) groups excluding carboxylic acids is 1. The zero-order chi connectivity index (χ0) is 19.0. The fourth-order valence-electron chi connectivity index (χ4n) is 2.82. The Balaban J connectivity index is 1.77. The number of anilines is 1. The second kappa shape index (κ2) is 7.18. The maximum Gasteiger partial charge on any atom is 0.260 e. The van der Waals surface area contributed by atoms with E-state index in [0.717, 1.165) is 21.3 Å². The average molecular weight is 397 g/mol. The molecule has 6 heteroatoms. The third-order valence-electron chi connectivity index (χ3n) is 4.46. The number of furan rings is 1. The van der Waals surface area contributed by atoms with Gasteiger partial charge in [-0.1, -0.05) is 29.0 Å². The van der Waals surface area contributed by atoms with E-state index in [-0.39, 0.29) is 5.91 Å². The summed E-state index contributed by atoms with van der Waals surface area (Å²) >= 11 is 7.54. The first kappa shape index (κ1) is 17.8. The van der Waals surface area contributed by atoms with Gasteiger partial charge in [0.05, 0.1) is 23.0 Å². The van der Waals surface area contributed by atoms with Gasteiger partial charge in [-0.15, -0.1) is 0 Å². The summed E-state index contributed by atoms with van der Waals surface area (Å²) in [5, 5.41) is 1.27. The van der Waals surface area contributed by atoms with Crippen LogP contribution in [0.15, 0.2) is 59.2 Å². The molecule has 0 radical (unpaired) electrons. The average Bonchev–Trinajstić information content (AvgIpc) is 3.30. The van der Waals surface area contributed by atoms with Crippen LogP contribution in [0.2, 0.25) is 5.02 Å². The van der Waals surface area contributed by atoms with Crippen LogP contribution in [0.1, 0.15) is 27.2 Å². The third kappa shape index (κ3) is 3.61. The standard InChI is InChI=1S/C21H17ClN2O2S/c1-13-5-6-15(10-14(13)2)20(25)24(12-17-4-3-9-26-17)21-23-18-8-7-16(22)11-19(18)27-21/h3-11H,12H2,1-2H3. The molecule has 4 rings (SSSR count). The normalized spacial score (nSPS) is 11.1. The quantitative estimate of drug-likeness (QED) is 0.424. The number of benzene rings is 2. The Morgan fingerprint density at radius 3 is 2.74 bits per heavy atom. The number of aryl methyl sites for hydroxylation is 2. The van der Waals surface area contributed by atoms with Crippen LogP contribution in [0.25, 0.3) is 10.2 Å². The summed E-state index contributed by atoms with van der Waals surface area (Å²) in [5.74, 6) is 0.587. The van der Waals surface area contributed by atoms with Crippen molar-refractivity contribution in [2.45, 2.75) is 20.4 Å². The molecule has 0 aliphatic rings. The van der Waals surface area contributed by atoms with E-state index in [4.69, 9.17) is 16.0 Å². The minimum absolute atomic E-state index is 0.111. The molecule has 2 aromatic heterocycles. The number of aromatic nitrogens is 1. The van der Waals surface area contributed by atoms with E-state index in [2.05, 4.69) is 4.98 Å². The number of fused-ring (bicyclic) bond motifs is 1. The van der Waals surface area contributed by atoms with Gasteiger partial charge in [-0.2, -0.15) is 0 Å². The molecular formula is C21H17ClN2O2S. The molecule has 2 heterocycles. The summed E-state index contributed by atoms with van der Waals surface area (Å²) in [6.07, 6.45) is 1.60. The fourth-order valence-corrected chi connectivity index (χ4v) is 4.06. The van der Waals surface area contributed by atoms with E-state index in [9.17, 15) is 4.79 Å². The zero-order valence-corrected chi connectivity index (χ0v) is 16.5. The van der Waals surface area contributed by atoms with Gasteiger partial charge in [0, 0.05) is 10.6 Å². The molecule has 0 fully saturated rings. The summed E-state index contributed by atoms with van der Waals surface area (Å²) < 4.78 is 6.41. The molecule has 0 N–H and O–H groups in total. The number of hydrogen-bond acceptors (Lipinski definition) is 4. The van der Waals surface area contributed by atoms with Gasteiger partial charge >= 0.3 is 0 Å². The highest BCUT2D eigenvalue weighted by Gasteiger charge is 2.23. The molecule has 0 spiro atoms. The zero-order valence-electron chi connectivity index (χ0n) is 14.9. The van der Waals surface area contributed by atoms with Gasteiger partial charge in [0.15, 0.2) is 5.13 Å². The molecule has 1 amide bonds. The Labute approximate surface area is 166 Å². The van der Waals surface area contributed by atoms with Crippen LogP contribution in [-0.2, 0) is 6.54 Å². The molecule has 4 aromatic rings. The molecule has 136 valence electrons. The Morgan fingerprint density at radius 1 is 1.15 bits per heavy atom. The first-order chi connectivity index (χ1) is 13.0. The molecule has 0 aliphatic heterocycles. The number of hydrogen-bond donors (Lipinski definition) is 0. The fraction of sp³-hybridized carbons (Fsp3) is 0.143. The maximum absolute atomic E-state index is 13.3. The largest absolute Gasteiger partial charge is 0.467 e. The van der Waals surface area contributed by atoms with Crippen molar-refractivity contribution >= 4 is 44.2 Å². The lowest BCUT2D eigenvalue weighted by Gasteiger charge is -2.19. The summed E-state index contributed by atoms with van der Waals surface area (Å²) in [5.41, 5.74) is 3.67. The highest BCUT2D eigenvalue weighted by Crippen LogP contribution is 2.32. The van der Waals surface area contributed by atoms with Crippen molar-refractivity contribution in [3.05, 3.63) is 82.3 Å². The van der Waals surface area contributed by atoms with Crippen molar-refractivity contribution in [2.75, 3.05) is 4.90 Å². The van der Waals surface area contributed by atoms with E-state index >= 15 is 0 Å². The number of carbonyl (C=O) groups is 1. The van der Waals surface area contributed by atoms with Crippen molar-refractivity contribution < 1.29 is 9.21 Å². The van der Waals surface area contributed by atoms with Gasteiger partial charge in [0.25, 0.3) is 5.91 Å². The molecule has 0 unspecified atom stereocenters. The molecule has 0 bridgehead atoms. The minimum atomic E-state index is -0.111. The van der Waals surface area contributed by atoms with Crippen molar-refractivity contribution in [3.8, 4) is 0 Å². The number of amides is 1. The highest BCUT2D eigenvalue weighted by molar-refractivity contribution is 7.22. The van der Waals surface area contributed by atoms with Crippen molar-refractivity contribution in [3.63, 3.8) is 0 Å². The van der Waals surface area contributed by atoms with Crippen molar-refractivity contribution in [2.24, 2.45) is 0 Å². The highest BCUT2D eigenvalue weighted by atomic mass is 35.5. The van der Waals surface area contributed by atoms with Crippen molar-refractivity contribution in [1.29, 1.82) is 0 Å². The van der Waals surface area contributed by atoms with E-state index in [1.54, 1.807) is 17.2 Å². The second-order valence-electron chi connectivity index (χ2n) is 6.38. The first-order valence-electron chi connectivity index (χ1n) is 8.49. The van der Waals surface area contributed by atoms with Gasteiger partial charge in [0.2, 0.25) is 0 Å². The molecule has 0 saturated heterocycles. The molecular weight excluding hydrogens is 380 g/mol. The second-order valence-corrected chi connectivity index (χ2v) is 7.82. The Bertz CT molecular complexity index is 1120. The summed E-state index contributed by atoms with van der Waals surface area (Å²) in [6.45, 7) is 4.34. The van der Waals surface area contributed by atoms with Crippen LogP contribution in [0.3, 0.4) is 0 Å². The molecule has 0 aliphatic carbocycles. The Hall–Kier alpha value is -2.63. The molecule has 27 heavy (non-hydrogen) atoms. The Morgan fingerprint density at radius 2 is 2.00 bits per heavy atom. The first-order valence-corrected chi connectivity index (χ1v) is 9.68. The summed E-state index contributed by atoms with van der Waals surface area (Å²) in [6, 6.07) is 14.9. The van der Waals surface area contributed by atoms with Crippen LogP contribution in [0.5, 0.6) is 0 Å². The van der Waals surface area contributed by atoms with Crippen LogP contribution in [0.4, 0.5) is 5.13 Å². The SMILES string of the molecule is Cc1ccc(C(=O)N(Cc2ccco2)c2nc3ccc(Cl)cc3s2)cc1C. The topological polar surface area (TPSA) is 46.3 Å². The lowest BCUT2D eigenvalue weighted by atomic mass is 10.1. The third-order valence-corrected chi connectivity index (χ3v) is 5.74. The molecule has 4 nitrogen and oxygen atoms in total. The summed E-state index contributed by atoms with van der Waals surface area (Å²) in [4.78, 5) is 19.6. The van der Waals surface area contributed by atoms with Gasteiger partial charge in [-0.25, -0.2) is 4.98 Å². The Kier molecular flexibility index (Phi) is 4.72. The maximum atomic E-state index is 13.3. The van der Waals surface area contributed by atoms with Crippen molar-refractivity contribution in [1.82, 2.24) is 4.98 Å². The number of rotatable bonds is 4. The molecule has 0 atom stereocenters. The van der Waals surface area contributed by atoms with Gasteiger partial charge < -0.3 is 4.42 Å². The number of halogens is 1. The van der Waals surface area contributed by atoms with Gasteiger partial charge in [-0.05, 0) is 67.4 Å². The number of nitrogens with zero attached hydrogens (tertiary/aromatic N) is 2. The van der Waals surface area contributed by atoms with E-state index < -0.39 is 0 Å². The molecule has 2 aromatic carbocycles. The van der Waals surface area contributed by atoms with E-state index in [1.807, 2.05) is 56.3 Å². The number of thiazole rings is 1. The van der Waals surface area contributed by atoms with E-state index in [0.29, 0.717) is 28.0 Å². The van der Waals surface area contributed by atoms with Crippen LogP contribution < -0.4 is 4.90 Å². The summed E-state index contributed by atoms with van der Waals surface area (Å²) in [7, 11) is 0. The van der Waals surface area contributed by atoms with E-state index in [1.165, 1.54) is 11.3 Å². The smallest absolute Gasteiger partial charge is 0.260 e. The predicted molar refractivity (Wildman–Crippen MR) is 110 cm³/mol. The van der Waals surface area contributed by atoms with Gasteiger partial charge in [0.1, 0.15) is 5.76 Å². The minimum Gasteiger partial charge on any atom is -0.467 e. The lowest BCUT2D eigenvalue weighted by Crippen LogP contribution is -2.30. The van der Waals surface area contributed by atoms with Gasteiger partial charge in [-0.3, -0.25) is 9.69 Å². The molecule has 0 saturated carbocycles. The van der Waals surface area contributed by atoms with Crippen LogP contribution >= 0.6 is 22.9 Å². The predicted octanol–water partition coefficient (Wildman–Crippen LogP) is 6.01.